The first-order valence-corrected chi connectivity index (χ1v) is 10.5. The van der Waals surface area contributed by atoms with Crippen LogP contribution in [0.25, 0.3) is 16.6 Å². The maximum absolute atomic E-state index is 13.2. The highest BCUT2D eigenvalue weighted by atomic mass is 19.4. The van der Waals surface area contributed by atoms with Gasteiger partial charge < -0.3 is 9.30 Å². The molecule has 0 spiro atoms. The van der Waals surface area contributed by atoms with Crippen molar-refractivity contribution in [3.05, 3.63) is 78.1 Å². The van der Waals surface area contributed by atoms with Crippen molar-refractivity contribution >= 4 is 22.2 Å². The Morgan fingerprint density at radius 1 is 0.871 bits per heavy atom. The van der Waals surface area contributed by atoms with E-state index in [9.17, 15) is 13.2 Å². The fourth-order valence-electron chi connectivity index (χ4n) is 4.46. The molecule has 0 N–H and O–H groups in total. The molecular weight excluding hydrogens is 401 g/mol. The Bertz CT molecular complexity index is 1210. The summed E-state index contributed by atoms with van der Waals surface area (Å²) < 4.78 is 41.8. The number of para-hydroxylation sites is 1. The summed E-state index contributed by atoms with van der Waals surface area (Å²) in [7, 11) is 0. The van der Waals surface area contributed by atoms with Gasteiger partial charge in [0.05, 0.1) is 28.5 Å². The second-order valence-corrected chi connectivity index (χ2v) is 7.94. The van der Waals surface area contributed by atoms with Crippen LogP contribution < -0.4 is 4.90 Å². The van der Waals surface area contributed by atoms with Gasteiger partial charge in [-0.05, 0) is 42.3 Å². The molecule has 0 atom stereocenters. The van der Waals surface area contributed by atoms with Crippen LogP contribution in [0.15, 0.2) is 67.0 Å². The third-order valence-electron chi connectivity index (χ3n) is 6.09. The quantitative estimate of drug-likeness (QED) is 0.467. The van der Waals surface area contributed by atoms with Gasteiger partial charge in [0, 0.05) is 38.9 Å². The van der Waals surface area contributed by atoms with Gasteiger partial charge in [-0.2, -0.15) is 13.2 Å². The number of hydrogen-bond acceptors (Lipinski definition) is 3. The predicted octanol–water partition coefficient (Wildman–Crippen LogP) is 4.87. The summed E-state index contributed by atoms with van der Waals surface area (Å²) in [4.78, 5) is 9.27. The van der Waals surface area contributed by atoms with Crippen LogP contribution >= 0.6 is 0 Å². The topological polar surface area (TPSA) is 23.8 Å². The van der Waals surface area contributed by atoms with Gasteiger partial charge in [-0.15, -0.1) is 0 Å². The number of nitrogens with zero attached hydrogens (tertiary/aromatic N) is 4. The van der Waals surface area contributed by atoms with Gasteiger partial charge in [0.15, 0.2) is 0 Å². The lowest BCUT2D eigenvalue weighted by molar-refractivity contribution is -0.138. The summed E-state index contributed by atoms with van der Waals surface area (Å²) >= 11 is 0. The molecule has 0 saturated carbocycles. The molecule has 0 radical (unpaired) electrons. The SMILES string of the molecule is FC(F)(F)c1ccccc1CCN1CCN(c2cccc3c2ncc2cccn23)CC1. The molecule has 0 unspecified atom stereocenters. The molecule has 2 aromatic carbocycles. The third-order valence-corrected chi connectivity index (χ3v) is 6.09. The van der Waals surface area contributed by atoms with Crippen LogP contribution in [0, 0.1) is 0 Å². The zero-order valence-electron chi connectivity index (χ0n) is 17.0. The lowest BCUT2D eigenvalue weighted by atomic mass is 10.0. The lowest BCUT2D eigenvalue weighted by Gasteiger charge is -2.36. The van der Waals surface area contributed by atoms with E-state index in [0.717, 1.165) is 48.4 Å². The Morgan fingerprint density at radius 2 is 1.68 bits per heavy atom. The minimum atomic E-state index is -4.30. The van der Waals surface area contributed by atoms with Crippen LogP contribution in [0.5, 0.6) is 0 Å². The molecule has 2 aromatic heterocycles. The van der Waals surface area contributed by atoms with E-state index in [0.29, 0.717) is 18.5 Å². The average Bonchev–Trinajstić information content (AvgIpc) is 3.27. The molecule has 1 saturated heterocycles. The highest BCUT2D eigenvalue weighted by Crippen LogP contribution is 2.32. The number of halogens is 3. The minimum Gasteiger partial charge on any atom is -0.367 e. The summed E-state index contributed by atoms with van der Waals surface area (Å²) in [6, 6.07) is 16.2. The first-order chi connectivity index (χ1) is 15.0. The standard InChI is InChI=1S/C24H23F3N4/c25-24(26,27)20-7-2-1-5-18(20)10-12-29-13-15-30(16-14-29)21-8-3-9-22-23(21)28-17-19-6-4-11-31(19)22/h1-9,11,17H,10,12-16H2. The Balaban J connectivity index is 1.28. The normalized spacial score (nSPS) is 15.8. The van der Waals surface area contributed by atoms with Crippen LogP contribution in [0.3, 0.4) is 0 Å². The number of rotatable bonds is 4. The fourth-order valence-corrected chi connectivity index (χ4v) is 4.46. The highest BCUT2D eigenvalue weighted by molar-refractivity contribution is 5.90. The van der Waals surface area contributed by atoms with Crippen molar-refractivity contribution in [2.45, 2.75) is 12.6 Å². The Hall–Kier alpha value is -3.06. The largest absolute Gasteiger partial charge is 0.416 e. The van der Waals surface area contributed by atoms with Crippen molar-refractivity contribution in [1.82, 2.24) is 14.3 Å². The van der Waals surface area contributed by atoms with Gasteiger partial charge in [0.2, 0.25) is 0 Å². The van der Waals surface area contributed by atoms with Gasteiger partial charge in [-0.1, -0.05) is 24.3 Å². The van der Waals surface area contributed by atoms with Crippen LogP contribution in [0.1, 0.15) is 11.1 Å². The monoisotopic (exact) mass is 424 g/mol. The van der Waals surface area contributed by atoms with Gasteiger partial charge in [-0.3, -0.25) is 9.88 Å². The lowest BCUT2D eigenvalue weighted by Crippen LogP contribution is -2.47. The Morgan fingerprint density at radius 3 is 2.48 bits per heavy atom. The third kappa shape index (κ3) is 3.85. The maximum Gasteiger partial charge on any atom is 0.416 e. The minimum absolute atomic E-state index is 0.367. The predicted molar refractivity (Wildman–Crippen MR) is 116 cm³/mol. The summed E-state index contributed by atoms with van der Waals surface area (Å²) in [5.74, 6) is 0. The van der Waals surface area contributed by atoms with Crippen molar-refractivity contribution in [2.24, 2.45) is 0 Å². The van der Waals surface area contributed by atoms with Crippen LogP contribution in [-0.2, 0) is 12.6 Å². The maximum atomic E-state index is 13.2. The molecule has 160 valence electrons. The highest BCUT2D eigenvalue weighted by Gasteiger charge is 2.32. The Labute approximate surface area is 178 Å². The van der Waals surface area contributed by atoms with Gasteiger partial charge in [0.1, 0.15) is 5.52 Å². The van der Waals surface area contributed by atoms with Crippen molar-refractivity contribution in [3.8, 4) is 0 Å². The molecule has 7 heteroatoms. The number of aromatic nitrogens is 2. The van der Waals surface area contributed by atoms with E-state index >= 15 is 0 Å². The van der Waals surface area contributed by atoms with Crippen molar-refractivity contribution < 1.29 is 13.2 Å². The van der Waals surface area contributed by atoms with E-state index in [1.807, 2.05) is 24.5 Å². The summed E-state index contributed by atoms with van der Waals surface area (Å²) in [6.45, 7) is 3.90. The molecule has 3 heterocycles. The number of hydrogen-bond donors (Lipinski definition) is 0. The van der Waals surface area contributed by atoms with E-state index < -0.39 is 11.7 Å². The van der Waals surface area contributed by atoms with Crippen molar-refractivity contribution in [3.63, 3.8) is 0 Å². The first-order valence-electron chi connectivity index (χ1n) is 10.5. The molecule has 0 bridgehead atoms. The van der Waals surface area contributed by atoms with Gasteiger partial charge >= 0.3 is 6.18 Å². The van der Waals surface area contributed by atoms with Crippen LogP contribution in [-0.4, -0.2) is 47.0 Å². The second kappa shape index (κ2) is 7.89. The number of anilines is 1. The first kappa shape index (κ1) is 19.9. The van der Waals surface area contributed by atoms with Crippen molar-refractivity contribution in [1.29, 1.82) is 0 Å². The fraction of sp³-hybridized carbons (Fsp3) is 0.292. The molecule has 1 aliphatic rings. The van der Waals surface area contributed by atoms with E-state index in [-0.39, 0.29) is 0 Å². The zero-order chi connectivity index (χ0) is 21.4. The molecule has 1 fully saturated rings. The van der Waals surface area contributed by atoms with E-state index in [1.54, 1.807) is 12.1 Å². The summed E-state index contributed by atoms with van der Waals surface area (Å²) in [5, 5.41) is 0. The molecule has 0 amide bonds. The average molecular weight is 424 g/mol. The van der Waals surface area contributed by atoms with E-state index in [4.69, 9.17) is 4.98 Å². The van der Waals surface area contributed by atoms with Crippen LogP contribution in [0.4, 0.5) is 18.9 Å². The molecule has 4 nitrogen and oxygen atoms in total. The molecular formula is C24H23F3N4. The zero-order valence-corrected chi connectivity index (χ0v) is 17.0. The van der Waals surface area contributed by atoms with E-state index in [1.165, 1.54) is 12.1 Å². The molecule has 1 aliphatic heterocycles. The van der Waals surface area contributed by atoms with Gasteiger partial charge in [-0.25, -0.2) is 0 Å². The van der Waals surface area contributed by atoms with Crippen molar-refractivity contribution in [2.75, 3.05) is 37.6 Å². The number of benzene rings is 2. The number of alkyl halides is 3. The summed E-state index contributed by atoms with van der Waals surface area (Å²) in [6.07, 6.45) is 0.0267. The van der Waals surface area contributed by atoms with E-state index in [2.05, 4.69) is 32.4 Å². The van der Waals surface area contributed by atoms with Gasteiger partial charge in [0.25, 0.3) is 0 Å². The molecule has 4 aromatic rings. The Kier molecular flexibility index (Phi) is 5.06. The summed E-state index contributed by atoms with van der Waals surface area (Å²) in [5.41, 5.74) is 4.06. The smallest absolute Gasteiger partial charge is 0.367 e. The molecule has 5 rings (SSSR count). The van der Waals surface area contributed by atoms with Crippen LogP contribution in [0.2, 0.25) is 0 Å². The second-order valence-electron chi connectivity index (χ2n) is 7.94. The molecule has 0 aliphatic carbocycles. The number of piperazine rings is 1. The number of fused-ring (bicyclic) bond motifs is 3. The molecule has 31 heavy (non-hydrogen) atoms.